The molecule has 0 spiro atoms. The van der Waals surface area contributed by atoms with Crippen molar-refractivity contribution in [2.75, 3.05) is 104 Å². The van der Waals surface area contributed by atoms with Crippen molar-refractivity contribution in [3.05, 3.63) is 0 Å². The second-order valence-corrected chi connectivity index (χ2v) is 18.6. The Bertz CT molecular complexity index is 1050. The van der Waals surface area contributed by atoms with Crippen LogP contribution in [0, 0.1) is 5.41 Å². The van der Waals surface area contributed by atoms with Crippen molar-refractivity contribution in [2.45, 2.75) is 31.7 Å². The lowest BCUT2D eigenvalue weighted by molar-refractivity contribution is -0.133. The molecule has 0 heterocycles. The largest absolute Gasteiger partial charge is 0.555 e. The molecular weight excluding hydrogens is 844 g/mol. The van der Waals surface area contributed by atoms with Gasteiger partial charge in [-0.25, -0.2) is 41.0 Å². The molecule has 0 saturated carbocycles. The number of nitrogens with zero attached hydrogens (tertiary/aromatic N) is 3. The first-order valence-electron chi connectivity index (χ1n) is 15.2. The van der Waals surface area contributed by atoms with Gasteiger partial charge in [-0.15, -0.1) is 0 Å². The highest BCUT2D eigenvalue weighted by Crippen LogP contribution is 2.30. The third kappa shape index (κ3) is 26.4. The Labute approximate surface area is 309 Å². The molecule has 0 aliphatic rings. The van der Waals surface area contributed by atoms with Crippen LogP contribution >= 0.6 is 47.9 Å². The molecule has 0 aromatic carbocycles. The van der Waals surface area contributed by atoms with Gasteiger partial charge in [-0.05, 0) is 29.2 Å². The Morgan fingerprint density at radius 1 is 0.491 bits per heavy atom. The third-order valence-electron chi connectivity index (χ3n) is 6.74. The molecule has 0 saturated heterocycles. The highest BCUT2D eigenvalue weighted by atomic mass is 31.1. The Morgan fingerprint density at radius 2 is 0.736 bits per heavy atom. The molecule has 25 nitrogen and oxygen atoms in total. The van der Waals surface area contributed by atoms with E-state index in [4.69, 9.17) is 40.5 Å². The van der Waals surface area contributed by atoms with Gasteiger partial charge in [0.2, 0.25) is 37.7 Å². The summed E-state index contributed by atoms with van der Waals surface area (Å²) in [6.07, 6.45) is -5.85. The van der Waals surface area contributed by atoms with E-state index in [0.717, 1.165) is 9.80 Å². The van der Waals surface area contributed by atoms with E-state index < -0.39 is 96.8 Å². The Hall–Kier alpha value is -0.160. The van der Waals surface area contributed by atoms with Crippen molar-refractivity contribution in [3.8, 4) is 0 Å². The quantitative estimate of drug-likeness (QED) is 0.0255. The lowest BCUT2D eigenvalue weighted by atomic mass is 9.88. The molecular formula is C22H49N3O22P6+6. The topological polar surface area (TPSA) is 348 Å². The fourth-order valence-electron chi connectivity index (χ4n) is 4.43. The molecule has 0 amide bonds. The zero-order valence-electron chi connectivity index (χ0n) is 28.9. The van der Waals surface area contributed by atoms with Gasteiger partial charge >= 0.3 is 47.9 Å². The normalized spacial score (nSPS) is 16.7. The minimum atomic E-state index is -2.65. The van der Waals surface area contributed by atoms with Crippen LogP contribution in [0.1, 0.15) is 13.3 Å². The maximum atomic E-state index is 11.8. The van der Waals surface area contributed by atoms with E-state index in [0.29, 0.717) is 0 Å². The number of hydrogen-bond acceptors (Lipinski definition) is 25. The van der Waals surface area contributed by atoms with E-state index in [1.165, 1.54) is 11.6 Å². The summed E-state index contributed by atoms with van der Waals surface area (Å²) in [6, 6.07) is 0. The van der Waals surface area contributed by atoms with Crippen LogP contribution in [0.2, 0.25) is 0 Å². The average molecular weight is 893 g/mol. The smallest absolute Gasteiger partial charge is 0.389 e. The molecule has 9 atom stereocenters. The van der Waals surface area contributed by atoms with Crippen LogP contribution in [-0.4, -0.2) is 178 Å². The van der Waals surface area contributed by atoms with Crippen LogP contribution < -0.4 is 0 Å². The molecule has 0 radical (unpaired) electrons. The molecule has 31 heteroatoms. The van der Waals surface area contributed by atoms with Crippen molar-refractivity contribution < 1.29 is 107 Å². The maximum absolute atomic E-state index is 11.8. The van der Waals surface area contributed by atoms with Crippen LogP contribution in [0.3, 0.4) is 0 Å². The predicted octanol–water partition coefficient (Wildman–Crippen LogP) is 2.78. The summed E-state index contributed by atoms with van der Waals surface area (Å²) < 4.78 is 106. The summed E-state index contributed by atoms with van der Waals surface area (Å²) in [5, 5.41) is 74.9. The first-order valence-corrected chi connectivity index (χ1v) is 23.9. The zero-order chi connectivity index (χ0) is 40.4. The molecule has 0 bridgehead atoms. The first-order chi connectivity index (χ1) is 25.0. The summed E-state index contributed by atoms with van der Waals surface area (Å²) in [5.41, 5.74) is -1.02. The van der Waals surface area contributed by atoms with Crippen molar-refractivity contribution >= 4 is 47.9 Å². The van der Waals surface area contributed by atoms with Gasteiger partial charge < -0.3 is 29.5 Å². The number of hydrogen-bond donors (Lipinski definition) is 8. The minimum Gasteiger partial charge on any atom is -0.389 e. The monoisotopic (exact) mass is 893 g/mol. The second kappa shape index (κ2) is 30.9. The molecule has 308 valence electrons. The van der Waals surface area contributed by atoms with Gasteiger partial charge in [0.15, 0.2) is 0 Å². The fraction of sp³-hybridized carbons (Fsp3) is 1.00. The Kier molecular flexibility index (Phi) is 30.8. The van der Waals surface area contributed by atoms with Crippen molar-refractivity contribution in [3.63, 3.8) is 0 Å². The summed E-state index contributed by atoms with van der Waals surface area (Å²) in [7, 11) is -14.9. The molecule has 0 rings (SSSR count). The molecule has 8 N–H and O–H groups in total. The van der Waals surface area contributed by atoms with Crippen LogP contribution in [0.25, 0.3) is 0 Å². The van der Waals surface area contributed by atoms with Crippen molar-refractivity contribution in [2.24, 2.45) is 5.41 Å². The van der Waals surface area contributed by atoms with E-state index in [9.17, 15) is 42.7 Å². The first kappa shape index (κ1) is 52.8. The predicted molar refractivity (Wildman–Crippen MR) is 183 cm³/mol. The molecule has 0 aliphatic heterocycles. The van der Waals surface area contributed by atoms with Crippen LogP contribution in [0.5, 0.6) is 0 Å². The van der Waals surface area contributed by atoms with E-state index in [-0.39, 0.29) is 78.3 Å². The standard InChI is InChI=1S/C22H44N3O22P6/c1-3-22(10-40-7-19(26)4-23(13-48(2)34)14-49(35)43-29,11-41-8-20(27)5-24(15-50(36)44-30)16-51(37)45-31)12-42-9-21(28)6-25(17-52(38)46-32)18-53(39)47-33/h19-21,26-28H,3-18H2,1-2H3/q+1/p+5. The fourth-order valence-corrected chi connectivity index (χ4v) is 8.65. The molecule has 9 unspecified atom stereocenters. The van der Waals surface area contributed by atoms with Crippen LogP contribution in [0.15, 0.2) is 0 Å². The lowest BCUT2D eigenvalue weighted by Crippen LogP contribution is -2.42. The summed E-state index contributed by atoms with van der Waals surface area (Å²) >= 11 is 0. The zero-order valence-corrected chi connectivity index (χ0v) is 34.2. The van der Waals surface area contributed by atoms with Crippen molar-refractivity contribution in [1.29, 1.82) is 0 Å². The van der Waals surface area contributed by atoms with Gasteiger partial charge in [-0.2, -0.15) is 0 Å². The van der Waals surface area contributed by atoms with Crippen LogP contribution in [0.4, 0.5) is 0 Å². The Balaban J connectivity index is 5.71. The lowest BCUT2D eigenvalue weighted by Gasteiger charge is -2.33. The van der Waals surface area contributed by atoms with Gasteiger partial charge in [0.1, 0.15) is 6.66 Å². The Morgan fingerprint density at radius 3 is 0.943 bits per heavy atom. The highest BCUT2D eigenvalue weighted by Gasteiger charge is 2.36. The van der Waals surface area contributed by atoms with E-state index in [2.05, 4.69) is 23.4 Å². The molecule has 0 aliphatic carbocycles. The molecule has 0 aromatic rings. The SMILES string of the molecule is CCC(COCC(O)CN(C[P+](C)=O)C[P+](=O)OO)(COCC(O)CN(C[P+](=O)OO)C[P+](=O)OO)COCC(O)CN(C[P+](=O)OO)C[P+](=O)OO. The summed E-state index contributed by atoms with van der Waals surface area (Å²) in [5.74, 6) is 0. The second-order valence-electron chi connectivity index (χ2n) is 11.5. The molecule has 0 aromatic heterocycles. The van der Waals surface area contributed by atoms with Crippen LogP contribution in [-0.2, 0) is 65.0 Å². The van der Waals surface area contributed by atoms with Gasteiger partial charge in [0, 0.05) is 48.4 Å². The van der Waals surface area contributed by atoms with Gasteiger partial charge in [-0.1, -0.05) is 11.5 Å². The van der Waals surface area contributed by atoms with Gasteiger partial charge in [-0.3, -0.25) is 0 Å². The maximum Gasteiger partial charge on any atom is 0.555 e. The van der Waals surface area contributed by atoms with Crippen molar-refractivity contribution in [1.82, 2.24) is 14.7 Å². The van der Waals surface area contributed by atoms with E-state index in [1.807, 2.05) is 0 Å². The van der Waals surface area contributed by atoms with E-state index in [1.54, 1.807) is 6.92 Å². The molecule has 53 heavy (non-hydrogen) atoms. The highest BCUT2D eigenvalue weighted by molar-refractivity contribution is 7.43. The van der Waals surface area contributed by atoms with Gasteiger partial charge in [0.05, 0.1) is 58.0 Å². The number of aliphatic hydroxyl groups is 3. The number of ether oxygens (including phenoxy) is 3. The average Bonchev–Trinajstić information content (AvgIpc) is 3.10. The van der Waals surface area contributed by atoms with E-state index >= 15 is 0 Å². The summed E-state index contributed by atoms with van der Waals surface area (Å²) in [6.45, 7) is 0.865. The molecule has 0 fully saturated rings. The minimum absolute atomic E-state index is 0.0585. The number of aliphatic hydroxyl groups excluding tert-OH is 3. The summed E-state index contributed by atoms with van der Waals surface area (Å²) in [4.78, 5) is 3.60. The number of rotatable bonds is 36. The van der Waals surface area contributed by atoms with Gasteiger partial charge in [0.25, 0.3) is 0 Å². The third-order valence-corrected chi connectivity index (χ3v) is 11.6.